The molecule has 2 aromatic carbocycles. The van der Waals surface area contributed by atoms with Crippen molar-refractivity contribution in [3.8, 4) is 0 Å². The molecule has 0 spiro atoms. The number of amides is 1. The van der Waals surface area contributed by atoms with E-state index in [0.29, 0.717) is 10.7 Å². The number of aromatic nitrogens is 2. The Hall–Kier alpha value is -3.84. The van der Waals surface area contributed by atoms with Crippen LogP contribution in [0, 0.1) is 13.8 Å². The standard InChI is InChI=1S/C27H23N3O3S/c1-4-17-5-7-18(8-6-17)23-21(24(31)19-9-11-28-12-10-19)25(32)26(33)30(23)27-29-22-16(3)13-15(2)14-20(22)34-27/h5-14,23,31H,4H2,1-3H3/b24-21+. The van der Waals surface area contributed by atoms with Crippen LogP contribution < -0.4 is 4.90 Å². The van der Waals surface area contributed by atoms with Crippen molar-refractivity contribution in [3.05, 3.63) is 94.3 Å². The number of ketones is 1. The van der Waals surface area contributed by atoms with Gasteiger partial charge in [0.2, 0.25) is 0 Å². The topological polar surface area (TPSA) is 83.4 Å². The first-order valence-corrected chi connectivity index (χ1v) is 11.9. The largest absolute Gasteiger partial charge is 0.507 e. The van der Waals surface area contributed by atoms with Crippen LogP contribution in [0.4, 0.5) is 5.13 Å². The zero-order chi connectivity index (χ0) is 24.0. The van der Waals surface area contributed by atoms with Crippen LogP contribution >= 0.6 is 11.3 Å². The highest BCUT2D eigenvalue weighted by Crippen LogP contribution is 2.44. The first-order chi connectivity index (χ1) is 16.4. The maximum atomic E-state index is 13.4. The molecule has 2 aromatic heterocycles. The minimum absolute atomic E-state index is 0.0487. The summed E-state index contributed by atoms with van der Waals surface area (Å²) in [6, 6.07) is 14.3. The molecule has 1 saturated heterocycles. The Balaban J connectivity index is 1.74. The van der Waals surface area contributed by atoms with Crippen LogP contribution in [0.1, 0.15) is 40.8 Å². The summed E-state index contributed by atoms with van der Waals surface area (Å²) in [5.74, 6) is -1.65. The third-order valence-electron chi connectivity index (χ3n) is 6.13. The van der Waals surface area contributed by atoms with Crippen LogP contribution in [0.5, 0.6) is 0 Å². The molecular formula is C27H23N3O3S. The van der Waals surface area contributed by atoms with Gasteiger partial charge in [0.1, 0.15) is 5.76 Å². The highest BCUT2D eigenvalue weighted by molar-refractivity contribution is 7.22. The van der Waals surface area contributed by atoms with Gasteiger partial charge in [0.15, 0.2) is 5.13 Å². The number of carbonyl (C=O) groups excluding carboxylic acids is 2. The summed E-state index contributed by atoms with van der Waals surface area (Å²) in [4.78, 5) is 36.8. The molecule has 5 rings (SSSR count). The number of thiazole rings is 1. The Morgan fingerprint density at radius 3 is 2.44 bits per heavy atom. The minimum Gasteiger partial charge on any atom is -0.507 e. The molecule has 0 bridgehead atoms. The van der Waals surface area contributed by atoms with E-state index >= 15 is 0 Å². The number of carbonyl (C=O) groups is 2. The molecule has 1 atom stereocenters. The van der Waals surface area contributed by atoms with Crippen LogP contribution in [0.25, 0.3) is 16.0 Å². The number of aryl methyl sites for hydroxylation is 3. The number of hydrogen-bond acceptors (Lipinski definition) is 6. The molecule has 1 amide bonds. The Morgan fingerprint density at radius 2 is 1.76 bits per heavy atom. The van der Waals surface area contributed by atoms with E-state index in [-0.39, 0.29) is 11.3 Å². The summed E-state index contributed by atoms with van der Waals surface area (Å²) in [5, 5.41) is 11.6. The van der Waals surface area contributed by atoms with Crippen LogP contribution in [-0.2, 0) is 16.0 Å². The fraction of sp³-hybridized carbons (Fsp3) is 0.185. The molecule has 7 heteroatoms. The normalized spacial score (nSPS) is 17.6. The summed E-state index contributed by atoms with van der Waals surface area (Å²) >= 11 is 1.37. The van der Waals surface area contributed by atoms with E-state index in [0.717, 1.165) is 38.9 Å². The molecule has 1 aliphatic heterocycles. The zero-order valence-corrected chi connectivity index (χ0v) is 19.9. The number of nitrogens with zero attached hydrogens (tertiary/aromatic N) is 3. The number of benzene rings is 2. The predicted octanol–water partition coefficient (Wildman–Crippen LogP) is 5.50. The minimum atomic E-state index is -0.791. The molecule has 0 saturated carbocycles. The number of fused-ring (bicyclic) bond motifs is 1. The average molecular weight is 470 g/mol. The molecule has 1 unspecified atom stereocenters. The second-order valence-corrected chi connectivity index (χ2v) is 9.43. The van der Waals surface area contributed by atoms with Gasteiger partial charge in [-0.2, -0.15) is 0 Å². The predicted molar refractivity (Wildman–Crippen MR) is 134 cm³/mol. The van der Waals surface area contributed by atoms with Gasteiger partial charge in [0.25, 0.3) is 5.78 Å². The number of pyridine rings is 1. The van der Waals surface area contributed by atoms with Crippen LogP contribution in [-0.4, -0.2) is 26.8 Å². The second-order valence-electron chi connectivity index (χ2n) is 8.43. The van der Waals surface area contributed by atoms with E-state index in [2.05, 4.69) is 11.9 Å². The summed E-state index contributed by atoms with van der Waals surface area (Å²) in [6.45, 7) is 6.06. The molecule has 1 N–H and O–H groups in total. The van der Waals surface area contributed by atoms with Crippen molar-refractivity contribution in [2.24, 2.45) is 0 Å². The quantitative estimate of drug-likeness (QED) is 0.243. The number of aliphatic hydroxyl groups excluding tert-OH is 1. The fourth-order valence-electron chi connectivity index (χ4n) is 4.41. The van der Waals surface area contributed by atoms with E-state index < -0.39 is 17.7 Å². The molecule has 0 radical (unpaired) electrons. The zero-order valence-electron chi connectivity index (χ0n) is 19.1. The third kappa shape index (κ3) is 3.58. The van der Waals surface area contributed by atoms with E-state index in [1.165, 1.54) is 28.6 Å². The van der Waals surface area contributed by atoms with E-state index in [4.69, 9.17) is 4.98 Å². The van der Waals surface area contributed by atoms with Crippen molar-refractivity contribution in [1.29, 1.82) is 0 Å². The van der Waals surface area contributed by atoms with Crippen LogP contribution in [0.3, 0.4) is 0 Å². The van der Waals surface area contributed by atoms with Crippen LogP contribution in [0.15, 0.2) is 66.5 Å². The van der Waals surface area contributed by atoms with Crippen molar-refractivity contribution >= 4 is 44.1 Å². The monoisotopic (exact) mass is 469 g/mol. The Bertz CT molecular complexity index is 1460. The number of aliphatic hydroxyl groups is 1. The molecule has 0 aliphatic carbocycles. The number of hydrogen-bond donors (Lipinski definition) is 1. The van der Waals surface area contributed by atoms with Crippen LogP contribution in [0.2, 0.25) is 0 Å². The SMILES string of the molecule is CCc1ccc(C2/C(=C(\O)c3ccncc3)C(=O)C(=O)N2c2nc3c(C)cc(C)cc3s2)cc1. The van der Waals surface area contributed by atoms with Crippen molar-refractivity contribution in [1.82, 2.24) is 9.97 Å². The van der Waals surface area contributed by atoms with Gasteiger partial charge in [-0.05, 0) is 60.7 Å². The molecular weight excluding hydrogens is 446 g/mol. The van der Waals surface area contributed by atoms with Gasteiger partial charge in [-0.3, -0.25) is 19.5 Å². The third-order valence-corrected chi connectivity index (χ3v) is 7.13. The van der Waals surface area contributed by atoms with Gasteiger partial charge in [-0.25, -0.2) is 4.98 Å². The second kappa shape index (κ2) is 8.50. The Morgan fingerprint density at radius 1 is 1.06 bits per heavy atom. The van der Waals surface area contributed by atoms with Gasteiger partial charge in [-0.1, -0.05) is 48.6 Å². The molecule has 1 aliphatic rings. The molecule has 6 nitrogen and oxygen atoms in total. The molecule has 170 valence electrons. The smallest absolute Gasteiger partial charge is 0.301 e. The first-order valence-electron chi connectivity index (χ1n) is 11.1. The summed E-state index contributed by atoms with van der Waals surface area (Å²) in [7, 11) is 0. The lowest BCUT2D eigenvalue weighted by atomic mass is 9.95. The van der Waals surface area contributed by atoms with Crippen molar-refractivity contribution in [2.75, 3.05) is 4.90 Å². The lowest BCUT2D eigenvalue weighted by Crippen LogP contribution is -2.29. The van der Waals surface area contributed by atoms with Gasteiger partial charge >= 0.3 is 5.91 Å². The number of rotatable bonds is 4. The lowest BCUT2D eigenvalue weighted by Gasteiger charge is -2.23. The molecule has 1 fully saturated rings. The maximum absolute atomic E-state index is 13.4. The number of anilines is 1. The molecule has 3 heterocycles. The number of Topliss-reactive ketones (excluding diaryl/α,β-unsaturated/α-hetero) is 1. The van der Waals surface area contributed by atoms with Gasteiger partial charge in [0.05, 0.1) is 21.8 Å². The first kappa shape index (κ1) is 22.0. The fourth-order valence-corrected chi connectivity index (χ4v) is 5.58. The summed E-state index contributed by atoms with van der Waals surface area (Å²) in [5.41, 5.74) is 5.27. The van der Waals surface area contributed by atoms with E-state index in [9.17, 15) is 14.7 Å². The lowest BCUT2D eigenvalue weighted by molar-refractivity contribution is -0.132. The summed E-state index contributed by atoms with van der Waals surface area (Å²) < 4.78 is 0.948. The van der Waals surface area contributed by atoms with Gasteiger partial charge in [0, 0.05) is 18.0 Å². The maximum Gasteiger partial charge on any atom is 0.301 e. The van der Waals surface area contributed by atoms with E-state index in [1.54, 1.807) is 12.1 Å². The van der Waals surface area contributed by atoms with Crippen molar-refractivity contribution in [2.45, 2.75) is 33.2 Å². The van der Waals surface area contributed by atoms with Crippen molar-refractivity contribution < 1.29 is 14.7 Å². The molecule has 34 heavy (non-hydrogen) atoms. The van der Waals surface area contributed by atoms with E-state index in [1.807, 2.05) is 50.2 Å². The van der Waals surface area contributed by atoms with Gasteiger partial charge < -0.3 is 5.11 Å². The Kier molecular flexibility index (Phi) is 5.49. The van der Waals surface area contributed by atoms with Crippen molar-refractivity contribution in [3.63, 3.8) is 0 Å². The summed E-state index contributed by atoms with van der Waals surface area (Å²) in [6.07, 6.45) is 3.94. The average Bonchev–Trinajstić information content (AvgIpc) is 3.38. The molecule has 4 aromatic rings. The highest BCUT2D eigenvalue weighted by atomic mass is 32.1. The highest BCUT2D eigenvalue weighted by Gasteiger charge is 2.48. The Labute approximate surface area is 201 Å². The van der Waals surface area contributed by atoms with Gasteiger partial charge in [-0.15, -0.1) is 0 Å².